The Morgan fingerprint density at radius 2 is 1.61 bits per heavy atom. The number of para-hydroxylation sites is 1. The molecule has 0 atom stereocenters. The Kier molecular flexibility index (Phi) is 5.96. The van der Waals surface area contributed by atoms with E-state index >= 15 is 0 Å². The van der Waals surface area contributed by atoms with Crippen molar-refractivity contribution in [1.29, 1.82) is 0 Å². The maximum atomic E-state index is 12.4. The van der Waals surface area contributed by atoms with Crippen LogP contribution in [0.2, 0.25) is 0 Å². The Morgan fingerprint density at radius 3 is 2.29 bits per heavy atom. The molecule has 6 nitrogen and oxygen atoms in total. The van der Waals surface area contributed by atoms with E-state index in [1.54, 1.807) is 36.4 Å². The SMILES string of the molecule is Cc1cccc(OCC(=O)Nc2ccc(S(=O)(=O)Nc3ccccc3)cc2)c1. The number of hydrogen-bond acceptors (Lipinski definition) is 4. The third-order valence-corrected chi connectivity index (χ3v) is 5.23. The van der Waals surface area contributed by atoms with Crippen LogP contribution in [0.4, 0.5) is 11.4 Å². The maximum absolute atomic E-state index is 12.4. The van der Waals surface area contributed by atoms with Gasteiger partial charge in [0.15, 0.2) is 6.61 Å². The topological polar surface area (TPSA) is 84.5 Å². The van der Waals surface area contributed by atoms with Crippen LogP contribution in [0.5, 0.6) is 5.75 Å². The summed E-state index contributed by atoms with van der Waals surface area (Å²) < 4.78 is 32.8. The van der Waals surface area contributed by atoms with E-state index in [4.69, 9.17) is 4.74 Å². The van der Waals surface area contributed by atoms with Crippen molar-refractivity contribution in [1.82, 2.24) is 0 Å². The number of aryl methyl sites for hydroxylation is 1. The molecule has 28 heavy (non-hydrogen) atoms. The first-order chi connectivity index (χ1) is 13.4. The molecule has 0 heterocycles. The average Bonchev–Trinajstić information content (AvgIpc) is 2.67. The van der Waals surface area contributed by atoms with E-state index < -0.39 is 10.0 Å². The lowest BCUT2D eigenvalue weighted by Crippen LogP contribution is -2.20. The molecule has 0 fully saturated rings. The van der Waals surface area contributed by atoms with Gasteiger partial charge in [-0.25, -0.2) is 8.42 Å². The number of rotatable bonds is 7. The summed E-state index contributed by atoms with van der Waals surface area (Å²) in [5, 5.41) is 2.68. The maximum Gasteiger partial charge on any atom is 0.262 e. The van der Waals surface area contributed by atoms with Gasteiger partial charge >= 0.3 is 0 Å². The molecular formula is C21H20N2O4S. The lowest BCUT2D eigenvalue weighted by atomic mass is 10.2. The van der Waals surface area contributed by atoms with E-state index in [0.717, 1.165) is 5.56 Å². The van der Waals surface area contributed by atoms with Crippen molar-refractivity contribution in [3.8, 4) is 5.75 Å². The molecule has 0 bridgehead atoms. The first-order valence-electron chi connectivity index (χ1n) is 8.60. The Bertz CT molecular complexity index is 1050. The summed E-state index contributed by atoms with van der Waals surface area (Å²) in [5.74, 6) is 0.281. The molecule has 0 aliphatic heterocycles. The van der Waals surface area contributed by atoms with Crippen LogP contribution in [0.1, 0.15) is 5.56 Å². The molecule has 0 aliphatic carbocycles. The van der Waals surface area contributed by atoms with Gasteiger partial charge in [-0.3, -0.25) is 9.52 Å². The number of carbonyl (C=O) groups is 1. The number of carbonyl (C=O) groups excluding carboxylic acids is 1. The van der Waals surface area contributed by atoms with Crippen LogP contribution >= 0.6 is 0 Å². The van der Waals surface area contributed by atoms with Crippen molar-refractivity contribution in [2.45, 2.75) is 11.8 Å². The van der Waals surface area contributed by atoms with Crippen LogP contribution in [0.15, 0.2) is 83.8 Å². The summed E-state index contributed by atoms with van der Waals surface area (Å²) in [7, 11) is -3.70. The van der Waals surface area contributed by atoms with E-state index in [2.05, 4.69) is 10.0 Å². The predicted octanol–water partition coefficient (Wildman–Crippen LogP) is 3.81. The first kappa shape index (κ1) is 19.4. The molecule has 3 rings (SSSR count). The van der Waals surface area contributed by atoms with Crippen molar-refractivity contribution >= 4 is 27.3 Å². The highest BCUT2D eigenvalue weighted by Crippen LogP contribution is 2.18. The quantitative estimate of drug-likeness (QED) is 0.636. The highest BCUT2D eigenvalue weighted by molar-refractivity contribution is 7.92. The molecule has 0 spiro atoms. The number of amides is 1. The van der Waals surface area contributed by atoms with E-state index in [1.807, 2.05) is 25.1 Å². The van der Waals surface area contributed by atoms with Gasteiger partial charge in [0.25, 0.3) is 15.9 Å². The first-order valence-corrected chi connectivity index (χ1v) is 10.1. The Hall–Kier alpha value is -3.32. The van der Waals surface area contributed by atoms with E-state index in [1.165, 1.54) is 24.3 Å². The van der Waals surface area contributed by atoms with Gasteiger partial charge in [0.2, 0.25) is 0 Å². The van der Waals surface area contributed by atoms with Gasteiger partial charge in [0.05, 0.1) is 4.90 Å². The third kappa shape index (κ3) is 5.34. The van der Waals surface area contributed by atoms with E-state index in [0.29, 0.717) is 17.1 Å². The minimum atomic E-state index is -3.70. The number of benzene rings is 3. The second kappa shape index (κ2) is 8.58. The zero-order valence-electron chi connectivity index (χ0n) is 15.3. The Labute approximate surface area is 164 Å². The minimum Gasteiger partial charge on any atom is -0.484 e. The molecule has 0 unspecified atom stereocenters. The van der Waals surface area contributed by atoms with Crippen molar-refractivity contribution in [2.75, 3.05) is 16.6 Å². The molecule has 3 aromatic rings. The number of sulfonamides is 1. The highest BCUT2D eigenvalue weighted by Gasteiger charge is 2.14. The van der Waals surface area contributed by atoms with Crippen molar-refractivity contribution in [3.63, 3.8) is 0 Å². The number of nitrogens with one attached hydrogen (secondary N) is 2. The number of anilines is 2. The monoisotopic (exact) mass is 396 g/mol. The zero-order chi connectivity index (χ0) is 20.0. The summed E-state index contributed by atoms with van der Waals surface area (Å²) >= 11 is 0. The standard InChI is InChI=1S/C21H20N2O4S/c1-16-6-5-9-19(14-16)27-15-21(24)22-17-10-12-20(13-11-17)28(25,26)23-18-7-3-2-4-8-18/h2-14,23H,15H2,1H3,(H,22,24). The lowest BCUT2D eigenvalue weighted by Gasteiger charge is -2.10. The van der Waals surface area contributed by atoms with E-state index in [9.17, 15) is 13.2 Å². The second-order valence-electron chi connectivity index (χ2n) is 6.15. The molecule has 1 amide bonds. The summed E-state index contributed by atoms with van der Waals surface area (Å²) in [6.45, 7) is 1.80. The van der Waals surface area contributed by atoms with E-state index in [-0.39, 0.29) is 17.4 Å². The van der Waals surface area contributed by atoms with Crippen LogP contribution in [-0.2, 0) is 14.8 Å². The van der Waals surface area contributed by atoms with Crippen molar-refractivity contribution in [3.05, 3.63) is 84.4 Å². The molecule has 0 saturated heterocycles. The summed E-state index contributed by atoms with van der Waals surface area (Å²) in [6, 6.07) is 22.0. The molecule has 2 N–H and O–H groups in total. The van der Waals surface area contributed by atoms with Crippen molar-refractivity contribution in [2.24, 2.45) is 0 Å². The lowest BCUT2D eigenvalue weighted by molar-refractivity contribution is -0.118. The third-order valence-electron chi connectivity index (χ3n) is 3.83. The zero-order valence-corrected chi connectivity index (χ0v) is 16.1. The minimum absolute atomic E-state index is 0.102. The van der Waals surface area contributed by atoms with Crippen molar-refractivity contribution < 1.29 is 17.9 Å². The second-order valence-corrected chi connectivity index (χ2v) is 7.83. The molecule has 3 aromatic carbocycles. The molecular weight excluding hydrogens is 376 g/mol. The van der Waals surface area contributed by atoms with Gasteiger partial charge in [-0.2, -0.15) is 0 Å². The summed E-state index contributed by atoms with van der Waals surface area (Å²) in [5.41, 5.74) is 2.00. The van der Waals surface area contributed by atoms with Crippen LogP contribution in [-0.4, -0.2) is 20.9 Å². The fourth-order valence-electron chi connectivity index (χ4n) is 2.49. The van der Waals surface area contributed by atoms with Gasteiger partial charge in [-0.15, -0.1) is 0 Å². The van der Waals surface area contributed by atoms with Gasteiger partial charge in [0, 0.05) is 11.4 Å². The molecule has 144 valence electrons. The Morgan fingerprint density at radius 1 is 0.893 bits per heavy atom. The van der Waals surface area contributed by atoms with Gasteiger partial charge in [0.1, 0.15) is 5.75 Å². The fourth-order valence-corrected chi connectivity index (χ4v) is 3.55. The average molecular weight is 396 g/mol. The molecule has 0 aromatic heterocycles. The molecule has 0 aliphatic rings. The van der Waals surface area contributed by atoms with Crippen LogP contribution in [0.3, 0.4) is 0 Å². The molecule has 7 heteroatoms. The van der Waals surface area contributed by atoms with Crippen LogP contribution in [0.25, 0.3) is 0 Å². The van der Waals surface area contributed by atoms with Gasteiger partial charge < -0.3 is 10.1 Å². The summed E-state index contributed by atoms with van der Waals surface area (Å²) in [4.78, 5) is 12.1. The highest BCUT2D eigenvalue weighted by atomic mass is 32.2. The van der Waals surface area contributed by atoms with Crippen LogP contribution < -0.4 is 14.8 Å². The van der Waals surface area contributed by atoms with Gasteiger partial charge in [-0.05, 0) is 61.0 Å². The van der Waals surface area contributed by atoms with Crippen LogP contribution in [0, 0.1) is 6.92 Å². The fraction of sp³-hybridized carbons (Fsp3) is 0.0952. The van der Waals surface area contributed by atoms with Gasteiger partial charge in [-0.1, -0.05) is 30.3 Å². The number of ether oxygens (including phenoxy) is 1. The Balaban J connectivity index is 1.58. The summed E-state index contributed by atoms with van der Waals surface area (Å²) in [6.07, 6.45) is 0. The smallest absolute Gasteiger partial charge is 0.262 e. The number of hydrogen-bond donors (Lipinski definition) is 2. The predicted molar refractivity (Wildman–Crippen MR) is 109 cm³/mol. The largest absolute Gasteiger partial charge is 0.484 e. The molecule has 0 radical (unpaired) electrons. The molecule has 0 saturated carbocycles. The normalized spacial score (nSPS) is 10.9.